The SMILES string of the molecule is CC(C(=O)Nc1ccc(-c2ccc3nncn3n2)cc1)N1c2ccccc2Sc2ccccc21. The van der Waals surface area contributed by atoms with Crippen LogP contribution < -0.4 is 10.2 Å². The molecule has 0 radical (unpaired) electrons. The van der Waals surface area contributed by atoms with Crippen LogP contribution >= 0.6 is 11.8 Å². The molecule has 166 valence electrons. The number of amides is 1. The molecule has 0 spiro atoms. The van der Waals surface area contributed by atoms with Gasteiger partial charge in [-0.15, -0.1) is 10.2 Å². The fraction of sp³-hybridized carbons (Fsp3) is 0.0769. The highest BCUT2D eigenvalue weighted by Crippen LogP contribution is 2.48. The van der Waals surface area contributed by atoms with Gasteiger partial charge >= 0.3 is 0 Å². The van der Waals surface area contributed by atoms with Crippen LogP contribution in [0, 0.1) is 0 Å². The van der Waals surface area contributed by atoms with E-state index in [9.17, 15) is 4.79 Å². The predicted molar refractivity (Wildman–Crippen MR) is 133 cm³/mol. The fourth-order valence-electron chi connectivity index (χ4n) is 4.12. The number of para-hydroxylation sites is 2. The van der Waals surface area contributed by atoms with E-state index in [0.29, 0.717) is 5.65 Å². The molecule has 0 bridgehead atoms. The minimum Gasteiger partial charge on any atom is -0.327 e. The van der Waals surface area contributed by atoms with E-state index >= 15 is 0 Å². The number of carbonyl (C=O) groups excluding carboxylic acids is 1. The fourth-order valence-corrected chi connectivity index (χ4v) is 5.19. The van der Waals surface area contributed by atoms with Gasteiger partial charge in [-0.05, 0) is 55.5 Å². The van der Waals surface area contributed by atoms with Gasteiger partial charge in [0, 0.05) is 21.0 Å². The number of aromatic nitrogens is 4. The van der Waals surface area contributed by atoms with Gasteiger partial charge in [-0.2, -0.15) is 9.61 Å². The number of nitrogens with one attached hydrogen (secondary N) is 1. The molecular weight excluding hydrogens is 444 g/mol. The highest BCUT2D eigenvalue weighted by Gasteiger charge is 2.30. The van der Waals surface area contributed by atoms with Crippen molar-refractivity contribution >= 4 is 40.4 Å². The van der Waals surface area contributed by atoms with Crippen molar-refractivity contribution in [2.24, 2.45) is 0 Å². The first-order valence-corrected chi connectivity index (χ1v) is 11.7. The second-order valence-corrected chi connectivity index (χ2v) is 9.09. The van der Waals surface area contributed by atoms with Crippen molar-refractivity contribution in [2.75, 3.05) is 10.2 Å². The molecule has 3 heterocycles. The van der Waals surface area contributed by atoms with Gasteiger partial charge in [0.2, 0.25) is 5.91 Å². The number of nitrogens with zero attached hydrogens (tertiary/aromatic N) is 5. The Labute approximate surface area is 200 Å². The van der Waals surface area contributed by atoms with E-state index in [0.717, 1.165) is 38.1 Å². The molecule has 1 N–H and O–H groups in total. The third kappa shape index (κ3) is 3.58. The quantitative estimate of drug-likeness (QED) is 0.383. The largest absolute Gasteiger partial charge is 0.327 e. The molecule has 34 heavy (non-hydrogen) atoms. The Morgan fingerprint density at radius 3 is 2.26 bits per heavy atom. The van der Waals surface area contributed by atoms with Gasteiger partial charge in [0.05, 0.1) is 17.1 Å². The zero-order valence-corrected chi connectivity index (χ0v) is 19.1. The molecule has 0 saturated heterocycles. The van der Waals surface area contributed by atoms with Crippen LogP contribution in [-0.4, -0.2) is 31.8 Å². The summed E-state index contributed by atoms with van der Waals surface area (Å²) in [7, 11) is 0. The van der Waals surface area contributed by atoms with Crippen molar-refractivity contribution in [1.29, 1.82) is 0 Å². The maximum Gasteiger partial charge on any atom is 0.247 e. The second-order valence-electron chi connectivity index (χ2n) is 8.00. The minimum atomic E-state index is -0.402. The van der Waals surface area contributed by atoms with E-state index in [1.54, 1.807) is 22.6 Å². The molecule has 2 aromatic heterocycles. The number of rotatable bonds is 4. The van der Waals surface area contributed by atoms with E-state index in [1.807, 2.05) is 67.6 Å². The summed E-state index contributed by atoms with van der Waals surface area (Å²) in [5.41, 5.74) is 5.26. The number of hydrogen-bond acceptors (Lipinski definition) is 6. The molecule has 1 unspecified atom stereocenters. The summed E-state index contributed by atoms with van der Waals surface area (Å²) in [4.78, 5) is 17.7. The summed E-state index contributed by atoms with van der Waals surface area (Å²) in [5, 5.41) is 15.4. The Bertz CT molecular complexity index is 1470. The number of carbonyl (C=O) groups is 1. The standard InChI is InChI=1S/C26H20N6OS/c1-17(32-21-6-2-4-8-23(21)34-24-9-5-3-7-22(24)32)26(33)28-19-12-10-18(11-13-19)20-14-15-25-29-27-16-31(25)30-20/h2-17H,1H3,(H,28,33). The maximum absolute atomic E-state index is 13.3. The lowest BCUT2D eigenvalue weighted by molar-refractivity contribution is -0.117. The highest BCUT2D eigenvalue weighted by atomic mass is 32.2. The minimum absolute atomic E-state index is 0.0757. The number of fused-ring (bicyclic) bond motifs is 3. The molecule has 0 saturated carbocycles. The molecule has 6 rings (SSSR count). The lowest BCUT2D eigenvalue weighted by Gasteiger charge is -2.36. The highest BCUT2D eigenvalue weighted by molar-refractivity contribution is 7.99. The van der Waals surface area contributed by atoms with E-state index in [1.165, 1.54) is 0 Å². The summed E-state index contributed by atoms with van der Waals surface area (Å²) < 4.78 is 1.64. The molecule has 1 atom stereocenters. The first kappa shape index (κ1) is 20.4. The van der Waals surface area contributed by atoms with E-state index in [-0.39, 0.29) is 5.91 Å². The molecule has 0 aliphatic carbocycles. The molecule has 3 aromatic carbocycles. The molecule has 0 fully saturated rings. The average Bonchev–Trinajstić information content (AvgIpc) is 3.35. The molecule has 5 aromatic rings. The first-order chi connectivity index (χ1) is 16.7. The molecule has 1 aliphatic rings. The molecule has 1 aliphatic heterocycles. The van der Waals surface area contributed by atoms with Gasteiger partial charge < -0.3 is 10.2 Å². The Morgan fingerprint density at radius 2 is 1.56 bits per heavy atom. The second kappa shape index (κ2) is 8.31. The summed E-state index contributed by atoms with van der Waals surface area (Å²) in [5.74, 6) is -0.0757. The summed E-state index contributed by atoms with van der Waals surface area (Å²) in [6.07, 6.45) is 1.57. The van der Waals surface area contributed by atoms with Crippen LogP contribution in [0.1, 0.15) is 6.92 Å². The summed E-state index contributed by atoms with van der Waals surface area (Å²) in [6.45, 7) is 1.94. The van der Waals surface area contributed by atoms with Crippen molar-refractivity contribution in [3.8, 4) is 11.3 Å². The van der Waals surface area contributed by atoms with E-state index in [4.69, 9.17) is 0 Å². The zero-order chi connectivity index (χ0) is 23.1. The molecule has 7 nitrogen and oxygen atoms in total. The van der Waals surface area contributed by atoms with Crippen LogP contribution in [0.3, 0.4) is 0 Å². The summed E-state index contributed by atoms with van der Waals surface area (Å²) in [6, 6.07) is 27.5. The van der Waals surface area contributed by atoms with Crippen LogP contribution in [0.15, 0.2) is 101 Å². The Hall–Kier alpha value is -4.17. The van der Waals surface area contributed by atoms with Crippen molar-refractivity contribution in [3.63, 3.8) is 0 Å². The third-order valence-electron chi connectivity index (χ3n) is 5.85. The van der Waals surface area contributed by atoms with Gasteiger partial charge in [0.15, 0.2) is 5.65 Å². The van der Waals surface area contributed by atoms with Crippen molar-refractivity contribution < 1.29 is 4.79 Å². The molecule has 1 amide bonds. The van der Waals surface area contributed by atoms with Crippen LogP contribution in [0.25, 0.3) is 16.9 Å². The van der Waals surface area contributed by atoms with Crippen LogP contribution in [0.5, 0.6) is 0 Å². The molecule has 8 heteroatoms. The van der Waals surface area contributed by atoms with Crippen molar-refractivity contribution in [3.05, 3.63) is 91.3 Å². The lowest BCUT2D eigenvalue weighted by atomic mass is 10.1. The van der Waals surface area contributed by atoms with Crippen molar-refractivity contribution in [1.82, 2.24) is 19.8 Å². The third-order valence-corrected chi connectivity index (χ3v) is 6.98. The predicted octanol–water partition coefficient (Wildman–Crippen LogP) is 5.42. The lowest BCUT2D eigenvalue weighted by Crippen LogP contribution is -2.40. The number of benzene rings is 3. The van der Waals surface area contributed by atoms with Gasteiger partial charge in [-0.1, -0.05) is 48.2 Å². The van der Waals surface area contributed by atoms with Gasteiger partial charge in [0.25, 0.3) is 0 Å². The first-order valence-electron chi connectivity index (χ1n) is 10.9. The number of hydrogen-bond donors (Lipinski definition) is 1. The Morgan fingerprint density at radius 1 is 0.882 bits per heavy atom. The van der Waals surface area contributed by atoms with E-state index < -0.39 is 6.04 Å². The van der Waals surface area contributed by atoms with Gasteiger partial charge in [-0.3, -0.25) is 4.79 Å². The summed E-state index contributed by atoms with van der Waals surface area (Å²) >= 11 is 1.73. The Balaban J connectivity index is 1.24. The zero-order valence-electron chi connectivity index (χ0n) is 18.3. The van der Waals surface area contributed by atoms with Crippen LogP contribution in [-0.2, 0) is 4.79 Å². The van der Waals surface area contributed by atoms with Crippen LogP contribution in [0.2, 0.25) is 0 Å². The van der Waals surface area contributed by atoms with Crippen molar-refractivity contribution in [2.45, 2.75) is 22.8 Å². The average molecular weight is 465 g/mol. The maximum atomic E-state index is 13.3. The van der Waals surface area contributed by atoms with Gasteiger partial charge in [0.1, 0.15) is 12.4 Å². The Kier molecular flexibility index (Phi) is 5.00. The number of anilines is 3. The topological polar surface area (TPSA) is 75.4 Å². The smallest absolute Gasteiger partial charge is 0.247 e. The monoisotopic (exact) mass is 464 g/mol. The van der Waals surface area contributed by atoms with E-state index in [2.05, 4.69) is 49.8 Å². The van der Waals surface area contributed by atoms with Crippen LogP contribution in [0.4, 0.5) is 17.1 Å². The van der Waals surface area contributed by atoms with Gasteiger partial charge in [-0.25, -0.2) is 0 Å². The molecular formula is C26H20N6OS. The normalized spacial score (nSPS) is 13.3.